The van der Waals surface area contributed by atoms with Crippen molar-refractivity contribution < 1.29 is 14.3 Å². The highest BCUT2D eigenvalue weighted by Gasteiger charge is 2.35. The summed E-state index contributed by atoms with van der Waals surface area (Å²) in [5, 5.41) is 0. The lowest BCUT2D eigenvalue weighted by Crippen LogP contribution is -2.25. The Bertz CT molecular complexity index is 679. The fourth-order valence-electron chi connectivity index (χ4n) is 2.74. The molecular formula is C17H17NO3. The summed E-state index contributed by atoms with van der Waals surface area (Å²) in [5.41, 5.74) is 2.60. The average molecular weight is 283 g/mol. The number of rotatable bonds is 3. The molecule has 0 saturated carbocycles. The van der Waals surface area contributed by atoms with Crippen LogP contribution in [0.1, 0.15) is 28.9 Å². The number of fused-ring (bicyclic) bond motifs is 1. The van der Waals surface area contributed by atoms with Gasteiger partial charge in [0.25, 0.3) is 5.91 Å². The molecule has 4 heteroatoms. The van der Waals surface area contributed by atoms with Crippen LogP contribution in [0.2, 0.25) is 0 Å². The summed E-state index contributed by atoms with van der Waals surface area (Å²) in [4.78, 5) is 14.5. The second kappa shape index (κ2) is 5.13. The molecule has 1 amide bonds. The molecule has 4 nitrogen and oxygen atoms in total. The molecular weight excluding hydrogens is 266 g/mol. The molecule has 2 aromatic carbocycles. The topological polar surface area (TPSA) is 38.8 Å². The van der Waals surface area contributed by atoms with Crippen LogP contribution in [0.25, 0.3) is 0 Å². The molecule has 0 spiro atoms. The van der Waals surface area contributed by atoms with Crippen molar-refractivity contribution in [3.05, 3.63) is 53.6 Å². The summed E-state index contributed by atoms with van der Waals surface area (Å²) < 4.78 is 10.4. The molecule has 1 atom stereocenters. The number of methoxy groups -OCH3 is 2. The summed E-state index contributed by atoms with van der Waals surface area (Å²) in [5.74, 6) is 1.48. The van der Waals surface area contributed by atoms with Crippen molar-refractivity contribution in [2.45, 2.75) is 13.0 Å². The zero-order chi connectivity index (χ0) is 15.0. The Morgan fingerprint density at radius 2 is 1.57 bits per heavy atom. The van der Waals surface area contributed by atoms with Crippen LogP contribution in [-0.2, 0) is 0 Å². The largest absolute Gasteiger partial charge is 0.497 e. The van der Waals surface area contributed by atoms with Crippen molar-refractivity contribution in [2.24, 2.45) is 0 Å². The SMILES string of the molecule is COc1ccc(N2C(=O)c3cc(OC)ccc3C2C)cc1. The Morgan fingerprint density at radius 3 is 2.19 bits per heavy atom. The highest BCUT2D eigenvalue weighted by atomic mass is 16.5. The second-order valence-corrected chi connectivity index (χ2v) is 5.00. The van der Waals surface area contributed by atoms with Gasteiger partial charge in [0.2, 0.25) is 0 Å². The van der Waals surface area contributed by atoms with Gasteiger partial charge in [-0.1, -0.05) is 6.07 Å². The van der Waals surface area contributed by atoms with Crippen molar-refractivity contribution in [3.63, 3.8) is 0 Å². The number of amides is 1. The second-order valence-electron chi connectivity index (χ2n) is 5.00. The van der Waals surface area contributed by atoms with Crippen LogP contribution in [0.15, 0.2) is 42.5 Å². The molecule has 1 aliphatic heterocycles. The molecule has 2 aromatic rings. The van der Waals surface area contributed by atoms with Crippen LogP contribution in [0.4, 0.5) is 5.69 Å². The van der Waals surface area contributed by atoms with Crippen LogP contribution in [0.5, 0.6) is 11.5 Å². The van der Waals surface area contributed by atoms with E-state index in [1.807, 2.05) is 43.3 Å². The van der Waals surface area contributed by atoms with Crippen LogP contribution in [-0.4, -0.2) is 20.1 Å². The van der Waals surface area contributed by atoms with E-state index in [2.05, 4.69) is 0 Å². The van der Waals surface area contributed by atoms with E-state index < -0.39 is 0 Å². The molecule has 0 saturated heterocycles. The van der Waals surface area contributed by atoms with Crippen molar-refractivity contribution in [2.75, 3.05) is 19.1 Å². The standard InChI is InChI=1S/C17H17NO3/c1-11-15-9-8-14(21-3)10-16(15)17(19)18(11)12-4-6-13(20-2)7-5-12/h4-11H,1-3H3. The van der Waals surface area contributed by atoms with E-state index >= 15 is 0 Å². The summed E-state index contributed by atoms with van der Waals surface area (Å²) in [6.07, 6.45) is 0. The van der Waals surface area contributed by atoms with E-state index in [1.54, 1.807) is 25.2 Å². The molecule has 3 rings (SSSR count). The Hall–Kier alpha value is -2.49. The number of carbonyl (C=O) groups is 1. The third kappa shape index (κ3) is 2.13. The lowest BCUT2D eigenvalue weighted by atomic mass is 10.1. The summed E-state index contributed by atoms with van der Waals surface area (Å²) in [7, 11) is 3.23. The predicted octanol–water partition coefficient (Wildman–Crippen LogP) is 3.43. The van der Waals surface area contributed by atoms with E-state index in [0.29, 0.717) is 11.3 Å². The van der Waals surface area contributed by atoms with Crippen LogP contribution in [0.3, 0.4) is 0 Å². The number of hydrogen-bond donors (Lipinski definition) is 0. The van der Waals surface area contributed by atoms with E-state index in [9.17, 15) is 4.79 Å². The smallest absolute Gasteiger partial charge is 0.259 e. The lowest BCUT2D eigenvalue weighted by molar-refractivity contribution is 0.0992. The van der Waals surface area contributed by atoms with Gasteiger partial charge in [-0.3, -0.25) is 4.79 Å². The first-order valence-electron chi connectivity index (χ1n) is 6.81. The van der Waals surface area contributed by atoms with Gasteiger partial charge in [0.1, 0.15) is 11.5 Å². The van der Waals surface area contributed by atoms with Crippen LogP contribution >= 0.6 is 0 Å². The average Bonchev–Trinajstić information content (AvgIpc) is 2.78. The molecule has 1 heterocycles. The quantitative estimate of drug-likeness (QED) is 0.866. The molecule has 0 bridgehead atoms. The first kappa shape index (κ1) is 13.5. The molecule has 21 heavy (non-hydrogen) atoms. The zero-order valence-electron chi connectivity index (χ0n) is 12.3. The van der Waals surface area contributed by atoms with Crippen LogP contribution in [0, 0.1) is 0 Å². The number of benzene rings is 2. The van der Waals surface area contributed by atoms with Gasteiger partial charge in [0.05, 0.1) is 20.3 Å². The Morgan fingerprint density at radius 1 is 0.952 bits per heavy atom. The maximum Gasteiger partial charge on any atom is 0.259 e. The highest BCUT2D eigenvalue weighted by Crippen LogP contribution is 2.38. The Balaban J connectivity index is 2.00. The molecule has 0 aromatic heterocycles. The normalized spacial score (nSPS) is 16.8. The maximum atomic E-state index is 12.7. The van der Waals surface area contributed by atoms with E-state index in [1.165, 1.54) is 0 Å². The fourth-order valence-corrected chi connectivity index (χ4v) is 2.74. The van der Waals surface area contributed by atoms with Crippen molar-refractivity contribution in [1.29, 1.82) is 0 Å². The first-order valence-corrected chi connectivity index (χ1v) is 6.81. The molecule has 0 N–H and O–H groups in total. The van der Waals surface area contributed by atoms with Crippen molar-refractivity contribution in [3.8, 4) is 11.5 Å². The fraction of sp³-hybridized carbons (Fsp3) is 0.235. The van der Waals surface area contributed by atoms with Gasteiger partial charge in [0.15, 0.2) is 0 Å². The molecule has 108 valence electrons. The van der Waals surface area contributed by atoms with Gasteiger partial charge >= 0.3 is 0 Å². The summed E-state index contributed by atoms with van der Waals surface area (Å²) in [6.45, 7) is 2.03. The number of nitrogens with zero attached hydrogens (tertiary/aromatic N) is 1. The minimum atomic E-state index is 0.00145. The molecule has 1 aliphatic rings. The molecule has 0 fully saturated rings. The summed E-state index contributed by atoms with van der Waals surface area (Å²) >= 11 is 0. The van der Waals surface area contributed by atoms with E-state index in [4.69, 9.17) is 9.47 Å². The zero-order valence-corrected chi connectivity index (χ0v) is 12.3. The number of carbonyl (C=O) groups excluding carboxylic acids is 1. The van der Waals surface area contributed by atoms with E-state index in [0.717, 1.165) is 17.0 Å². The minimum absolute atomic E-state index is 0.00145. The predicted molar refractivity (Wildman–Crippen MR) is 81.2 cm³/mol. The molecule has 0 aliphatic carbocycles. The van der Waals surface area contributed by atoms with Crippen molar-refractivity contribution in [1.82, 2.24) is 0 Å². The Kier molecular flexibility index (Phi) is 3.29. The van der Waals surface area contributed by atoms with Gasteiger partial charge in [-0.25, -0.2) is 0 Å². The lowest BCUT2D eigenvalue weighted by Gasteiger charge is -2.22. The van der Waals surface area contributed by atoms with Gasteiger partial charge in [0, 0.05) is 11.3 Å². The van der Waals surface area contributed by atoms with Crippen molar-refractivity contribution >= 4 is 11.6 Å². The van der Waals surface area contributed by atoms with Crippen LogP contribution < -0.4 is 14.4 Å². The van der Waals surface area contributed by atoms with Gasteiger partial charge in [-0.05, 0) is 48.9 Å². The Labute approximate surface area is 123 Å². The minimum Gasteiger partial charge on any atom is -0.497 e. The number of hydrogen-bond acceptors (Lipinski definition) is 3. The van der Waals surface area contributed by atoms with Gasteiger partial charge < -0.3 is 14.4 Å². The van der Waals surface area contributed by atoms with Gasteiger partial charge in [-0.2, -0.15) is 0 Å². The third-order valence-corrected chi connectivity index (χ3v) is 3.90. The first-order chi connectivity index (χ1) is 10.2. The number of ether oxygens (including phenoxy) is 2. The summed E-state index contributed by atoms with van der Waals surface area (Å²) in [6, 6.07) is 13.2. The maximum absolute atomic E-state index is 12.7. The molecule has 1 unspecified atom stereocenters. The third-order valence-electron chi connectivity index (χ3n) is 3.90. The highest BCUT2D eigenvalue weighted by molar-refractivity contribution is 6.11. The monoisotopic (exact) mass is 283 g/mol. The van der Waals surface area contributed by atoms with Gasteiger partial charge in [-0.15, -0.1) is 0 Å². The molecule has 0 radical (unpaired) electrons. The number of anilines is 1. The van der Waals surface area contributed by atoms with E-state index in [-0.39, 0.29) is 11.9 Å².